The molecule has 296 valence electrons. The third-order valence-corrected chi connectivity index (χ3v) is 25.7. The van der Waals surface area contributed by atoms with E-state index < -0.39 is 0 Å². The Kier molecular flexibility index (Phi) is 59.7. The van der Waals surface area contributed by atoms with E-state index in [2.05, 4.69) is 158 Å². The first kappa shape index (κ1) is 54.6. The van der Waals surface area contributed by atoms with E-state index in [1.165, 1.54) is 194 Å². The SMILES string of the molecule is SCCCCCCCCCSCCCSSSCCSSCCSCCSCCCSSCSSCCCCCCCCCSCCSS. The molecule has 0 atom stereocenters. The summed E-state index contributed by atoms with van der Waals surface area (Å²) in [4.78, 5) is 0. The molecule has 0 aliphatic carbocycles. The van der Waals surface area contributed by atoms with Gasteiger partial charge >= 0.3 is 0 Å². The number of hydrogen-bond donors (Lipinski definition) is 2. The minimum absolute atomic E-state index is 1.06. The average molecular weight is 978 g/mol. The van der Waals surface area contributed by atoms with E-state index in [1.54, 1.807) is 10.8 Å². The van der Waals surface area contributed by atoms with Gasteiger partial charge in [0.25, 0.3) is 0 Å². The molecule has 0 rings (SSSR count). The van der Waals surface area contributed by atoms with Crippen LogP contribution in [-0.2, 0) is 0 Å². The standard InChI is InChI=1S/C33H68S16/c34-17-11-7-3-1-4-8-12-18-36-20-16-24-45-49-46-32-31-44-43-30-28-39-26-25-38-21-15-23-42-48-33-47-41-22-14-10-6-2-5-9-13-19-37-27-29-40-35/h34-35H,1-33H2. The van der Waals surface area contributed by atoms with E-state index in [9.17, 15) is 0 Å². The summed E-state index contributed by atoms with van der Waals surface area (Å²) in [5.41, 5.74) is 0. The van der Waals surface area contributed by atoms with Crippen molar-refractivity contribution in [2.75, 3.05) is 97.1 Å². The molecule has 0 fully saturated rings. The molecule has 0 unspecified atom stereocenters. The van der Waals surface area contributed by atoms with Gasteiger partial charge in [-0.15, -0.1) is 11.7 Å². The van der Waals surface area contributed by atoms with E-state index in [4.69, 9.17) is 0 Å². The zero-order valence-electron chi connectivity index (χ0n) is 29.9. The molecule has 0 spiro atoms. The minimum atomic E-state index is 1.06. The van der Waals surface area contributed by atoms with Gasteiger partial charge in [-0.3, -0.25) is 0 Å². The molecular weight excluding hydrogens is 909 g/mol. The molecule has 0 aliphatic heterocycles. The van der Waals surface area contributed by atoms with Crippen LogP contribution in [0, 0.1) is 0 Å². The maximum atomic E-state index is 4.29. The van der Waals surface area contributed by atoms with Crippen molar-refractivity contribution in [2.45, 2.75) is 103 Å². The molecule has 0 bridgehead atoms. The van der Waals surface area contributed by atoms with Crippen molar-refractivity contribution in [1.29, 1.82) is 0 Å². The lowest BCUT2D eigenvalue weighted by Gasteiger charge is -2.04. The zero-order chi connectivity index (χ0) is 35.2. The maximum Gasteiger partial charge on any atom is 0.0600 e. The van der Waals surface area contributed by atoms with Crippen LogP contribution in [0.3, 0.4) is 0 Å². The number of hydrogen-bond acceptors (Lipinski definition) is 16. The summed E-state index contributed by atoms with van der Waals surface area (Å²) >= 11 is 17.0. The normalized spacial score (nSPS) is 11.6. The van der Waals surface area contributed by atoms with E-state index in [-0.39, 0.29) is 0 Å². The second-order valence-electron chi connectivity index (χ2n) is 11.0. The van der Waals surface area contributed by atoms with Crippen LogP contribution in [0.4, 0.5) is 0 Å². The Morgan fingerprint density at radius 1 is 0.265 bits per heavy atom. The first-order valence-corrected chi connectivity index (χ1v) is 36.8. The van der Waals surface area contributed by atoms with Crippen molar-refractivity contribution in [1.82, 2.24) is 0 Å². The van der Waals surface area contributed by atoms with Crippen LogP contribution < -0.4 is 0 Å². The van der Waals surface area contributed by atoms with E-state index >= 15 is 0 Å². The molecule has 0 N–H and O–H groups in total. The number of rotatable bonds is 46. The summed E-state index contributed by atoms with van der Waals surface area (Å²) in [6.07, 6.45) is 22.5. The molecule has 0 aromatic rings. The van der Waals surface area contributed by atoms with Crippen molar-refractivity contribution in [3.05, 3.63) is 0 Å². The summed E-state index contributed by atoms with van der Waals surface area (Å²) < 4.78 is 0. The summed E-state index contributed by atoms with van der Waals surface area (Å²) in [5, 5.41) is 1.23. The van der Waals surface area contributed by atoms with Crippen LogP contribution in [0.2, 0.25) is 0 Å². The van der Waals surface area contributed by atoms with Gasteiger partial charge in [0.05, 0.1) is 5.08 Å². The van der Waals surface area contributed by atoms with Crippen molar-refractivity contribution in [3.63, 3.8) is 0 Å². The highest BCUT2D eigenvalue weighted by Gasteiger charge is 1.99. The van der Waals surface area contributed by atoms with Gasteiger partial charge in [0.2, 0.25) is 0 Å². The molecule has 0 aromatic carbocycles. The monoisotopic (exact) mass is 976 g/mol. The van der Waals surface area contributed by atoms with Crippen LogP contribution in [-0.4, -0.2) is 97.1 Å². The first-order valence-electron chi connectivity index (χ1n) is 18.2. The van der Waals surface area contributed by atoms with E-state index in [0.29, 0.717) is 0 Å². The van der Waals surface area contributed by atoms with Gasteiger partial charge in [-0.05, 0) is 77.1 Å². The summed E-state index contributed by atoms with van der Waals surface area (Å²) in [6.45, 7) is 0. The van der Waals surface area contributed by atoms with Gasteiger partial charge in [0.1, 0.15) is 0 Å². The molecule has 0 radical (unpaired) electrons. The molecule has 0 aliphatic rings. The second kappa shape index (κ2) is 53.6. The molecule has 0 heterocycles. The second-order valence-corrected chi connectivity index (χ2v) is 30.5. The average Bonchev–Trinajstić information content (AvgIpc) is 3.11. The lowest BCUT2D eigenvalue weighted by atomic mass is 10.1. The Hall–Kier alpha value is 5.60. The molecule has 16 heteroatoms. The number of unbranched alkanes of at least 4 members (excludes halogenated alkanes) is 12. The fraction of sp³-hybridized carbons (Fsp3) is 1.00. The van der Waals surface area contributed by atoms with Crippen molar-refractivity contribution in [3.8, 4) is 0 Å². The Morgan fingerprint density at radius 2 is 0.612 bits per heavy atom. The summed E-state index contributed by atoms with van der Waals surface area (Å²) in [6, 6.07) is 0. The van der Waals surface area contributed by atoms with Gasteiger partial charge in [0, 0.05) is 63.3 Å². The molecule has 0 saturated carbocycles. The quantitative estimate of drug-likeness (QED) is 0.0257. The van der Waals surface area contributed by atoms with Gasteiger partial charge in [-0.2, -0.15) is 59.7 Å². The lowest BCUT2D eigenvalue weighted by molar-refractivity contribution is 0.605. The van der Waals surface area contributed by atoms with E-state index in [0.717, 1.165) is 5.75 Å². The van der Waals surface area contributed by atoms with E-state index in [1.807, 2.05) is 9.83 Å². The Morgan fingerprint density at radius 3 is 1.20 bits per heavy atom. The van der Waals surface area contributed by atoms with Crippen LogP contribution in [0.15, 0.2) is 0 Å². The highest BCUT2D eigenvalue weighted by molar-refractivity contribution is 9.09. The summed E-state index contributed by atoms with van der Waals surface area (Å²) in [5.74, 6) is 20.6. The molecule has 0 aromatic heterocycles. The fourth-order valence-corrected chi connectivity index (χ4v) is 22.3. The predicted molar refractivity (Wildman–Crippen MR) is 281 cm³/mol. The minimum Gasteiger partial charge on any atom is -0.179 e. The van der Waals surface area contributed by atoms with Crippen LogP contribution in [0.5, 0.6) is 0 Å². The zero-order valence-corrected chi connectivity index (χ0v) is 43.2. The molecule has 49 heavy (non-hydrogen) atoms. The molecular formula is C33H68S16. The summed E-state index contributed by atoms with van der Waals surface area (Å²) in [7, 11) is 20.2. The largest absolute Gasteiger partial charge is 0.179 e. The van der Waals surface area contributed by atoms with Gasteiger partial charge in [-0.25, -0.2) is 0 Å². The topological polar surface area (TPSA) is 0 Å². The van der Waals surface area contributed by atoms with Crippen LogP contribution >= 0.6 is 178 Å². The van der Waals surface area contributed by atoms with Crippen molar-refractivity contribution < 1.29 is 0 Å². The Bertz CT molecular complexity index is 521. The Labute approximate surface area is 373 Å². The first-order chi connectivity index (χ1) is 24.4. The molecule has 0 saturated heterocycles. The molecule has 0 nitrogen and oxygen atoms in total. The van der Waals surface area contributed by atoms with Crippen molar-refractivity contribution in [2.24, 2.45) is 0 Å². The highest BCUT2D eigenvalue weighted by Crippen LogP contribution is 2.36. The smallest absolute Gasteiger partial charge is 0.0600 e. The van der Waals surface area contributed by atoms with Crippen LogP contribution in [0.1, 0.15) is 103 Å². The van der Waals surface area contributed by atoms with Crippen molar-refractivity contribution >= 4 is 178 Å². The van der Waals surface area contributed by atoms with Crippen LogP contribution in [0.25, 0.3) is 0 Å². The fourth-order valence-electron chi connectivity index (χ4n) is 4.10. The van der Waals surface area contributed by atoms with Gasteiger partial charge in [-0.1, -0.05) is 161 Å². The highest BCUT2D eigenvalue weighted by atomic mass is 33.5. The van der Waals surface area contributed by atoms with Gasteiger partial charge < -0.3 is 0 Å². The third-order valence-electron chi connectivity index (χ3n) is 6.69. The number of thioether (sulfide) groups is 4. The maximum absolute atomic E-state index is 4.29. The lowest BCUT2D eigenvalue weighted by Crippen LogP contribution is -1.91. The Balaban J connectivity index is 3.04. The van der Waals surface area contributed by atoms with Gasteiger partial charge in [0.15, 0.2) is 0 Å². The molecule has 0 amide bonds. The third kappa shape index (κ3) is 53.6. The number of thiol groups is 2. The predicted octanol–water partition coefficient (Wildman–Crippen LogP) is 16.8.